The zero-order chi connectivity index (χ0) is 20.8. The van der Waals surface area contributed by atoms with Crippen LogP contribution in [-0.4, -0.2) is 62.1 Å². The number of rotatable bonds is 7. The fourth-order valence-corrected chi connectivity index (χ4v) is 3.83. The van der Waals surface area contributed by atoms with Crippen LogP contribution in [0.2, 0.25) is 5.02 Å². The average molecular weight is 416 g/mol. The Balaban J connectivity index is 1.59. The van der Waals surface area contributed by atoms with Gasteiger partial charge in [0, 0.05) is 37.7 Å². The molecule has 1 amide bonds. The molecule has 1 saturated heterocycles. The van der Waals surface area contributed by atoms with E-state index in [1.807, 2.05) is 50.2 Å². The van der Waals surface area contributed by atoms with Crippen LogP contribution >= 0.6 is 11.6 Å². The number of benzene rings is 2. The average Bonchev–Trinajstić information content (AvgIpc) is 2.68. The molecule has 156 valence electrons. The Morgan fingerprint density at radius 3 is 2.31 bits per heavy atom. The largest absolute Gasteiger partial charge is 0.484 e. The maximum Gasteiger partial charge on any atom is 0.258 e. The molecule has 2 aromatic carbocycles. The van der Waals surface area contributed by atoms with Gasteiger partial charge in [0.15, 0.2) is 6.61 Å². The van der Waals surface area contributed by atoms with E-state index in [4.69, 9.17) is 16.3 Å². The molecular weight excluding hydrogens is 386 g/mol. The smallest absolute Gasteiger partial charge is 0.258 e. The van der Waals surface area contributed by atoms with Crippen molar-refractivity contribution in [2.45, 2.75) is 19.9 Å². The number of carbonyl (C=O) groups excluding carboxylic acids is 1. The summed E-state index contributed by atoms with van der Waals surface area (Å²) < 4.78 is 5.69. The number of halogens is 1. The minimum Gasteiger partial charge on any atom is -0.484 e. The lowest BCUT2D eigenvalue weighted by Gasteiger charge is -2.38. The summed E-state index contributed by atoms with van der Waals surface area (Å²) >= 11 is 6.06. The molecule has 29 heavy (non-hydrogen) atoms. The SMILES string of the molecule is Cc1cc(C)cc(OCC(=O)NC[C@H](c2ccc(Cl)cc2)N2CCN(C)CC2)c1. The predicted octanol–water partition coefficient (Wildman–Crippen LogP) is 3.44. The molecule has 0 aliphatic carbocycles. The molecule has 1 aliphatic heterocycles. The highest BCUT2D eigenvalue weighted by Crippen LogP contribution is 2.23. The minimum atomic E-state index is -0.114. The molecule has 0 aromatic heterocycles. The fraction of sp³-hybridized carbons (Fsp3) is 0.435. The zero-order valence-electron chi connectivity index (χ0n) is 17.5. The second kappa shape index (κ2) is 10.1. The molecule has 1 aliphatic rings. The number of amides is 1. The number of ether oxygens (including phenoxy) is 1. The second-order valence-corrected chi connectivity index (χ2v) is 8.26. The summed E-state index contributed by atoms with van der Waals surface area (Å²) in [5.41, 5.74) is 3.41. The van der Waals surface area contributed by atoms with Gasteiger partial charge in [0.1, 0.15) is 5.75 Å². The van der Waals surface area contributed by atoms with Crippen molar-refractivity contribution in [3.05, 3.63) is 64.2 Å². The summed E-state index contributed by atoms with van der Waals surface area (Å²) in [7, 11) is 2.14. The van der Waals surface area contributed by atoms with E-state index in [1.54, 1.807) is 0 Å². The number of piperazine rings is 1. The molecule has 0 spiro atoms. The van der Waals surface area contributed by atoms with E-state index in [1.165, 1.54) is 0 Å². The zero-order valence-corrected chi connectivity index (χ0v) is 18.2. The molecule has 3 rings (SSSR count). The van der Waals surface area contributed by atoms with Crippen molar-refractivity contribution in [2.75, 3.05) is 46.4 Å². The summed E-state index contributed by atoms with van der Waals surface area (Å²) in [4.78, 5) is 17.2. The standard InChI is InChI=1S/C23H30ClN3O2/c1-17-12-18(2)14-21(13-17)29-16-23(28)25-15-22(19-4-6-20(24)7-5-19)27-10-8-26(3)9-11-27/h4-7,12-14,22H,8-11,15-16H2,1-3H3,(H,25,28)/t22-/m1/s1. The molecule has 6 heteroatoms. The van der Waals surface area contributed by atoms with Gasteiger partial charge in [0.05, 0.1) is 6.04 Å². The Kier molecular flexibility index (Phi) is 7.53. The van der Waals surface area contributed by atoms with Crippen molar-refractivity contribution >= 4 is 17.5 Å². The maximum atomic E-state index is 12.4. The molecular formula is C23H30ClN3O2. The number of carbonyl (C=O) groups is 1. The Morgan fingerprint density at radius 1 is 1.07 bits per heavy atom. The second-order valence-electron chi connectivity index (χ2n) is 7.82. The van der Waals surface area contributed by atoms with Gasteiger partial charge in [-0.25, -0.2) is 0 Å². The number of hydrogen-bond acceptors (Lipinski definition) is 4. The van der Waals surface area contributed by atoms with Crippen LogP contribution in [-0.2, 0) is 4.79 Å². The van der Waals surface area contributed by atoms with E-state index in [0.717, 1.165) is 53.6 Å². The van der Waals surface area contributed by atoms with E-state index in [9.17, 15) is 4.79 Å². The highest BCUT2D eigenvalue weighted by molar-refractivity contribution is 6.30. The predicted molar refractivity (Wildman–Crippen MR) is 118 cm³/mol. The van der Waals surface area contributed by atoms with Crippen LogP contribution in [0.15, 0.2) is 42.5 Å². The van der Waals surface area contributed by atoms with Gasteiger partial charge in [-0.3, -0.25) is 9.69 Å². The highest BCUT2D eigenvalue weighted by Gasteiger charge is 2.24. The van der Waals surface area contributed by atoms with Crippen LogP contribution in [0.1, 0.15) is 22.7 Å². The number of aryl methyl sites for hydroxylation is 2. The van der Waals surface area contributed by atoms with E-state index in [-0.39, 0.29) is 18.6 Å². The topological polar surface area (TPSA) is 44.8 Å². The lowest BCUT2D eigenvalue weighted by molar-refractivity contribution is -0.123. The quantitative estimate of drug-likeness (QED) is 0.752. The summed E-state index contributed by atoms with van der Waals surface area (Å²) in [6, 6.07) is 14.0. The first-order valence-corrected chi connectivity index (χ1v) is 10.4. The monoisotopic (exact) mass is 415 g/mol. The molecule has 1 N–H and O–H groups in total. The van der Waals surface area contributed by atoms with Gasteiger partial charge in [0.2, 0.25) is 0 Å². The number of nitrogens with zero attached hydrogens (tertiary/aromatic N) is 2. The van der Waals surface area contributed by atoms with Crippen molar-refractivity contribution in [1.82, 2.24) is 15.1 Å². The summed E-state index contributed by atoms with van der Waals surface area (Å²) in [6.07, 6.45) is 0. The normalized spacial score (nSPS) is 16.4. The van der Waals surface area contributed by atoms with Crippen LogP contribution in [0.3, 0.4) is 0 Å². The molecule has 2 aromatic rings. The van der Waals surface area contributed by atoms with Crippen LogP contribution in [0, 0.1) is 13.8 Å². The number of likely N-dealkylation sites (N-methyl/N-ethyl adjacent to an activating group) is 1. The first kappa shape index (κ1) is 21.6. The van der Waals surface area contributed by atoms with Crippen molar-refractivity contribution in [3.63, 3.8) is 0 Å². The Labute approximate surface area is 178 Å². The van der Waals surface area contributed by atoms with Crippen LogP contribution in [0.4, 0.5) is 0 Å². The highest BCUT2D eigenvalue weighted by atomic mass is 35.5. The fourth-order valence-electron chi connectivity index (χ4n) is 3.70. The third-order valence-electron chi connectivity index (χ3n) is 5.29. The summed E-state index contributed by atoms with van der Waals surface area (Å²) in [5.74, 6) is 0.614. The van der Waals surface area contributed by atoms with Gasteiger partial charge in [0.25, 0.3) is 5.91 Å². The molecule has 1 heterocycles. The molecule has 0 bridgehead atoms. The number of hydrogen-bond donors (Lipinski definition) is 1. The Morgan fingerprint density at radius 2 is 1.69 bits per heavy atom. The van der Waals surface area contributed by atoms with Crippen LogP contribution in [0.5, 0.6) is 5.75 Å². The molecule has 5 nitrogen and oxygen atoms in total. The van der Waals surface area contributed by atoms with E-state index >= 15 is 0 Å². The lowest BCUT2D eigenvalue weighted by atomic mass is 10.0. The van der Waals surface area contributed by atoms with Gasteiger partial charge in [-0.2, -0.15) is 0 Å². The van der Waals surface area contributed by atoms with Crippen LogP contribution in [0.25, 0.3) is 0 Å². The van der Waals surface area contributed by atoms with E-state index in [0.29, 0.717) is 6.54 Å². The van der Waals surface area contributed by atoms with E-state index < -0.39 is 0 Å². The van der Waals surface area contributed by atoms with Gasteiger partial charge in [-0.1, -0.05) is 29.8 Å². The third kappa shape index (κ3) is 6.46. The van der Waals surface area contributed by atoms with Crippen molar-refractivity contribution in [3.8, 4) is 5.75 Å². The summed E-state index contributed by atoms with van der Waals surface area (Å²) in [5, 5.41) is 3.77. The third-order valence-corrected chi connectivity index (χ3v) is 5.54. The molecule has 0 radical (unpaired) electrons. The van der Waals surface area contributed by atoms with E-state index in [2.05, 4.69) is 28.2 Å². The molecule has 1 atom stereocenters. The number of nitrogens with one attached hydrogen (secondary N) is 1. The van der Waals surface area contributed by atoms with Crippen molar-refractivity contribution < 1.29 is 9.53 Å². The molecule has 1 fully saturated rings. The first-order chi connectivity index (χ1) is 13.9. The maximum absolute atomic E-state index is 12.4. The van der Waals surface area contributed by atoms with Gasteiger partial charge in [-0.05, 0) is 61.9 Å². The lowest BCUT2D eigenvalue weighted by Crippen LogP contribution is -2.48. The minimum absolute atomic E-state index is 0.0129. The van der Waals surface area contributed by atoms with Crippen LogP contribution < -0.4 is 10.1 Å². The van der Waals surface area contributed by atoms with Gasteiger partial charge >= 0.3 is 0 Å². The van der Waals surface area contributed by atoms with Gasteiger partial charge < -0.3 is 15.0 Å². The van der Waals surface area contributed by atoms with Crippen molar-refractivity contribution in [1.29, 1.82) is 0 Å². The van der Waals surface area contributed by atoms with Gasteiger partial charge in [-0.15, -0.1) is 0 Å². The summed E-state index contributed by atoms with van der Waals surface area (Å²) in [6.45, 7) is 8.58. The molecule has 0 unspecified atom stereocenters. The van der Waals surface area contributed by atoms with Crippen molar-refractivity contribution in [2.24, 2.45) is 0 Å². The Bertz CT molecular complexity index is 797. The molecule has 0 saturated carbocycles. The Hall–Kier alpha value is -2.08. The first-order valence-electron chi connectivity index (χ1n) is 10.1.